The summed E-state index contributed by atoms with van der Waals surface area (Å²) >= 11 is 0. The van der Waals surface area contributed by atoms with E-state index in [1.54, 1.807) is 0 Å². The highest BCUT2D eigenvalue weighted by Gasteiger charge is 2.37. The molecule has 10 heavy (non-hydrogen) atoms. The molecule has 3 nitrogen and oxygen atoms in total. The predicted molar refractivity (Wildman–Crippen MR) is 35.3 cm³/mol. The summed E-state index contributed by atoms with van der Waals surface area (Å²) in [5.41, 5.74) is 0. The number of carbonyl (C=O) groups excluding carboxylic acids is 1. The van der Waals surface area contributed by atoms with Gasteiger partial charge in [0.2, 0.25) is 6.29 Å². The Kier molecular flexibility index (Phi) is 2.27. The normalized spacial score (nSPS) is 29.8. The monoisotopic (exact) mass is 144 g/mol. The highest BCUT2D eigenvalue weighted by molar-refractivity contribution is 5.69. The minimum Gasteiger partial charge on any atom is -0.433 e. The molecule has 2 unspecified atom stereocenters. The zero-order valence-corrected chi connectivity index (χ0v) is 6.29. The van der Waals surface area contributed by atoms with Crippen molar-refractivity contribution in [3.8, 4) is 0 Å². The number of esters is 1. The van der Waals surface area contributed by atoms with Gasteiger partial charge in [0, 0.05) is 6.42 Å². The lowest BCUT2D eigenvalue weighted by Crippen LogP contribution is -2.07. The summed E-state index contributed by atoms with van der Waals surface area (Å²) in [4.78, 5) is 10.7. The fourth-order valence-electron chi connectivity index (χ4n) is 0.682. The first kappa shape index (κ1) is 7.54. The van der Waals surface area contributed by atoms with Gasteiger partial charge in [-0.15, -0.1) is 0 Å². The lowest BCUT2D eigenvalue weighted by atomic mass is 10.3. The Balaban J connectivity index is 2.07. The van der Waals surface area contributed by atoms with Crippen LogP contribution in [0, 0.1) is 0 Å². The first-order chi connectivity index (χ1) is 4.74. The summed E-state index contributed by atoms with van der Waals surface area (Å²) in [7, 11) is 0. The molecule has 0 aliphatic carbocycles. The smallest absolute Gasteiger partial charge is 0.308 e. The number of carbonyl (C=O) groups is 1. The van der Waals surface area contributed by atoms with Crippen molar-refractivity contribution in [1.29, 1.82) is 0 Å². The Labute approximate surface area is 60.3 Å². The van der Waals surface area contributed by atoms with Crippen LogP contribution < -0.4 is 0 Å². The fraction of sp³-hybridized carbons (Fsp3) is 0.857. The third kappa shape index (κ3) is 1.99. The van der Waals surface area contributed by atoms with Crippen molar-refractivity contribution in [2.75, 3.05) is 0 Å². The molecule has 3 heteroatoms. The second-order valence-corrected chi connectivity index (χ2v) is 2.45. The van der Waals surface area contributed by atoms with E-state index < -0.39 is 0 Å². The third-order valence-electron chi connectivity index (χ3n) is 1.36. The molecule has 0 aromatic carbocycles. The Hall–Kier alpha value is -0.570. The largest absolute Gasteiger partial charge is 0.433 e. The number of hydrogen-bond donors (Lipinski definition) is 0. The molecule has 0 N–H and O–H groups in total. The molecule has 1 fully saturated rings. The van der Waals surface area contributed by atoms with Crippen LogP contribution in [0.2, 0.25) is 0 Å². The molecule has 1 aliphatic rings. The summed E-state index contributed by atoms with van der Waals surface area (Å²) < 4.78 is 9.74. The van der Waals surface area contributed by atoms with Gasteiger partial charge in [-0.25, -0.2) is 0 Å². The van der Waals surface area contributed by atoms with E-state index >= 15 is 0 Å². The van der Waals surface area contributed by atoms with Gasteiger partial charge in [-0.2, -0.15) is 0 Å². The summed E-state index contributed by atoms with van der Waals surface area (Å²) in [6.07, 6.45) is 1.19. The van der Waals surface area contributed by atoms with Gasteiger partial charge in [-0.05, 0) is 13.3 Å². The van der Waals surface area contributed by atoms with Crippen LogP contribution in [-0.4, -0.2) is 18.4 Å². The second-order valence-electron chi connectivity index (χ2n) is 2.45. The van der Waals surface area contributed by atoms with Crippen LogP contribution in [0.1, 0.15) is 26.7 Å². The van der Waals surface area contributed by atoms with Crippen LogP contribution in [0.5, 0.6) is 0 Å². The molecule has 0 aromatic rings. The minimum absolute atomic E-state index is 0.112. The van der Waals surface area contributed by atoms with Gasteiger partial charge in [0.1, 0.15) is 6.10 Å². The van der Waals surface area contributed by atoms with E-state index in [4.69, 9.17) is 9.47 Å². The maximum absolute atomic E-state index is 10.7. The first-order valence-corrected chi connectivity index (χ1v) is 3.59. The highest BCUT2D eigenvalue weighted by Crippen LogP contribution is 2.22. The quantitative estimate of drug-likeness (QED) is 0.439. The number of rotatable bonds is 3. The number of epoxide rings is 1. The molecule has 1 aliphatic heterocycles. The average Bonchev–Trinajstić information content (AvgIpc) is 2.47. The topological polar surface area (TPSA) is 38.8 Å². The second kappa shape index (κ2) is 3.01. The van der Waals surface area contributed by atoms with Crippen LogP contribution in [0.25, 0.3) is 0 Å². The zero-order chi connectivity index (χ0) is 7.56. The van der Waals surface area contributed by atoms with E-state index in [9.17, 15) is 4.79 Å². The van der Waals surface area contributed by atoms with Crippen molar-refractivity contribution in [2.45, 2.75) is 39.1 Å². The van der Waals surface area contributed by atoms with E-state index in [1.165, 1.54) is 0 Å². The zero-order valence-electron chi connectivity index (χ0n) is 6.29. The Morgan fingerprint density at radius 3 is 2.70 bits per heavy atom. The van der Waals surface area contributed by atoms with Crippen LogP contribution in [0.4, 0.5) is 0 Å². The van der Waals surface area contributed by atoms with E-state index in [0.717, 1.165) is 6.42 Å². The van der Waals surface area contributed by atoms with Gasteiger partial charge >= 0.3 is 5.97 Å². The molecule has 1 rings (SSSR count). The van der Waals surface area contributed by atoms with Gasteiger partial charge in [-0.3, -0.25) is 4.79 Å². The van der Waals surface area contributed by atoms with E-state index in [1.807, 2.05) is 13.8 Å². The minimum atomic E-state index is -0.251. The molecule has 58 valence electrons. The number of hydrogen-bond acceptors (Lipinski definition) is 3. The molecule has 0 aromatic heterocycles. The predicted octanol–water partition coefficient (Wildman–Crippen LogP) is 1.07. The molecule has 0 radical (unpaired) electrons. The SMILES string of the molecule is CCCC(=O)OC1OC1C. The van der Waals surface area contributed by atoms with Gasteiger partial charge in [0.25, 0.3) is 0 Å². The van der Waals surface area contributed by atoms with Crippen molar-refractivity contribution in [2.24, 2.45) is 0 Å². The van der Waals surface area contributed by atoms with Crippen LogP contribution in [0.3, 0.4) is 0 Å². The van der Waals surface area contributed by atoms with Crippen LogP contribution >= 0.6 is 0 Å². The Morgan fingerprint density at radius 2 is 2.30 bits per heavy atom. The number of ether oxygens (including phenoxy) is 2. The molecular weight excluding hydrogens is 132 g/mol. The fourth-order valence-corrected chi connectivity index (χ4v) is 0.682. The van der Waals surface area contributed by atoms with Gasteiger partial charge in [-0.1, -0.05) is 6.92 Å². The van der Waals surface area contributed by atoms with Crippen molar-refractivity contribution < 1.29 is 14.3 Å². The average molecular weight is 144 g/mol. The van der Waals surface area contributed by atoms with Crippen molar-refractivity contribution in [3.05, 3.63) is 0 Å². The van der Waals surface area contributed by atoms with Crippen molar-refractivity contribution in [1.82, 2.24) is 0 Å². The van der Waals surface area contributed by atoms with E-state index in [-0.39, 0.29) is 18.4 Å². The maximum Gasteiger partial charge on any atom is 0.308 e. The van der Waals surface area contributed by atoms with E-state index in [0.29, 0.717) is 6.42 Å². The van der Waals surface area contributed by atoms with E-state index in [2.05, 4.69) is 0 Å². The van der Waals surface area contributed by atoms with Crippen LogP contribution in [-0.2, 0) is 14.3 Å². The van der Waals surface area contributed by atoms with Gasteiger partial charge in [0.15, 0.2) is 0 Å². The summed E-state index contributed by atoms with van der Waals surface area (Å²) in [6, 6.07) is 0. The molecule has 1 saturated heterocycles. The molecule has 0 amide bonds. The van der Waals surface area contributed by atoms with Crippen molar-refractivity contribution in [3.63, 3.8) is 0 Å². The lowest BCUT2D eigenvalue weighted by molar-refractivity contribution is -0.148. The van der Waals surface area contributed by atoms with Gasteiger partial charge in [0.05, 0.1) is 0 Å². The maximum atomic E-state index is 10.7. The molecule has 0 saturated carbocycles. The lowest BCUT2D eigenvalue weighted by Gasteiger charge is -1.96. The standard InChI is InChI=1S/C7H12O3/c1-3-4-6(8)10-7-5(2)9-7/h5,7H,3-4H2,1-2H3. The summed E-state index contributed by atoms with van der Waals surface area (Å²) in [6.45, 7) is 3.82. The highest BCUT2D eigenvalue weighted by atomic mass is 16.8. The van der Waals surface area contributed by atoms with Crippen LogP contribution in [0.15, 0.2) is 0 Å². The first-order valence-electron chi connectivity index (χ1n) is 3.59. The molecule has 2 atom stereocenters. The van der Waals surface area contributed by atoms with Crippen molar-refractivity contribution >= 4 is 5.97 Å². The Morgan fingerprint density at radius 1 is 1.70 bits per heavy atom. The summed E-state index contributed by atoms with van der Waals surface area (Å²) in [5.74, 6) is -0.156. The van der Waals surface area contributed by atoms with Gasteiger partial charge < -0.3 is 9.47 Å². The molecular formula is C7H12O3. The molecule has 0 spiro atoms. The summed E-state index contributed by atoms with van der Waals surface area (Å²) in [5, 5.41) is 0. The molecule has 0 bridgehead atoms. The molecule has 1 heterocycles. The third-order valence-corrected chi connectivity index (χ3v) is 1.36. The Bertz CT molecular complexity index is 133.